The van der Waals surface area contributed by atoms with Gasteiger partial charge in [0.15, 0.2) is 6.10 Å². The molecule has 0 aliphatic rings. The van der Waals surface area contributed by atoms with Gasteiger partial charge in [0.1, 0.15) is 13.2 Å². The SMILES string of the molecule is CCCCCCCCCCCCCCCCCCCCCC(=O)OCC(COC(=O)CCCCCCCCCCCCC)OC(=O)CCCCCCCCCCCCCCCCCCCC. The van der Waals surface area contributed by atoms with Crippen molar-refractivity contribution in [1.29, 1.82) is 0 Å². The smallest absolute Gasteiger partial charge is 0.306 e. The number of esters is 3. The first-order valence-corrected chi connectivity index (χ1v) is 30.0. The molecule has 66 heavy (non-hydrogen) atoms. The molecular weight excluding hydrogens is 817 g/mol. The van der Waals surface area contributed by atoms with E-state index in [2.05, 4.69) is 20.8 Å². The molecule has 0 saturated carbocycles. The Morgan fingerprint density at radius 2 is 0.409 bits per heavy atom. The standard InChI is InChI=1S/C60H116O6/c1-4-7-10-13-16-19-22-24-26-28-30-32-33-35-38-41-44-47-50-53-59(62)65-56-57(55-64-58(61)52-49-46-43-40-37-21-18-15-12-9-6-3)66-60(63)54-51-48-45-42-39-36-34-31-29-27-25-23-20-17-14-11-8-5-2/h57H,4-56H2,1-3H3. The molecule has 0 rings (SSSR count). The average molecular weight is 934 g/mol. The number of carbonyl (C=O) groups excluding carboxylic acids is 3. The van der Waals surface area contributed by atoms with Crippen molar-refractivity contribution >= 4 is 17.9 Å². The van der Waals surface area contributed by atoms with Crippen molar-refractivity contribution in [1.82, 2.24) is 0 Å². The van der Waals surface area contributed by atoms with Gasteiger partial charge in [-0.15, -0.1) is 0 Å². The van der Waals surface area contributed by atoms with Gasteiger partial charge in [0.2, 0.25) is 0 Å². The third-order valence-corrected chi connectivity index (χ3v) is 13.9. The number of ether oxygens (including phenoxy) is 3. The van der Waals surface area contributed by atoms with E-state index in [1.54, 1.807) is 0 Å². The maximum Gasteiger partial charge on any atom is 0.306 e. The first-order chi connectivity index (χ1) is 32.5. The van der Waals surface area contributed by atoms with E-state index in [1.165, 1.54) is 250 Å². The second kappa shape index (κ2) is 56.0. The highest BCUT2D eigenvalue weighted by Gasteiger charge is 2.19. The van der Waals surface area contributed by atoms with E-state index in [-0.39, 0.29) is 31.1 Å². The molecule has 1 unspecified atom stereocenters. The second-order valence-corrected chi connectivity index (χ2v) is 20.6. The van der Waals surface area contributed by atoms with Crippen LogP contribution in [0.5, 0.6) is 0 Å². The van der Waals surface area contributed by atoms with Crippen LogP contribution in [0.2, 0.25) is 0 Å². The Balaban J connectivity index is 4.23. The maximum atomic E-state index is 12.9. The highest BCUT2D eigenvalue weighted by Crippen LogP contribution is 2.18. The Bertz CT molecular complexity index is 982. The zero-order chi connectivity index (χ0) is 47.9. The summed E-state index contributed by atoms with van der Waals surface area (Å²) in [4.78, 5) is 38.1. The molecule has 0 aromatic rings. The zero-order valence-corrected chi connectivity index (χ0v) is 45.0. The quantitative estimate of drug-likeness (QED) is 0.0343. The van der Waals surface area contributed by atoms with Crippen LogP contribution in [0.15, 0.2) is 0 Å². The molecule has 6 heteroatoms. The fraction of sp³-hybridized carbons (Fsp3) is 0.950. The van der Waals surface area contributed by atoms with Crippen LogP contribution in [0.4, 0.5) is 0 Å². The molecule has 0 heterocycles. The van der Waals surface area contributed by atoms with Crippen molar-refractivity contribution in [3.05, 3.63) is 0 Å². The molecule has 0 aliphatic carbocycles. The fourth-order valence-electron chi connectivity index (χ4n) is 9.33. The number of hydrogen-bond acceptors (Lipinski definition) is 6. The molecule has 0 spiro atoms. The lowest BCUT2D eigenvalue weighted by Crippen LogP contribution is -2.30. The Morgan fingerprint density at radius 1 is 0.242 bits per heavy atom. The van der Waals surface area contributed by atoms with Crippen molar-refractivity contribution in [2.24, 2.45) is 0 Å². The minimum Gasteiger partial charge on any atom is -0.462 e. The van der Waals surface area contributed by atoms with Gasteiger partial charge >= 0.3 is 17.9 Å². The van der Waals surface area contributed by atoms with Gasteiger partial charge in [-0.25, -0.2) is 0 Å². The van der Waals surface area contributed by atoms with E-state index in [0.29, 0.717) is 19.3 Å². The van der Waals surface area contributed by atoms with E-state index in [4.69, 9.17) is 14.2 Å². The molecule has 0 aliphatic heterocycles. The van der Waals surface area contributed by atoms with Crippen LogP contribution in [-0.4, -0.2) is 37.2 Å². The van der Waals surface area contributed by atoms with Crippen LogP contribution in [0.3, 0.4) is 0 Å². The van der Waals surface area contributed by atoms with Crippen molar-refractivity contribution in [3.8, 4) is 0 Å². The molecule has 0 aromatic carbocycles. The summed E-state index contributed by atoms with van der Waals surface area (Å²) >= 11 is 0. The molecule has 0 radical (unpaired) electrons. The zero-order valence-electron chi connectivity index (χ0n) is 45.0. The van der Waals surface area contributed by atoms with Crippen LogP contribution in [0.1, 0.15) is 348 Å². The molecule has 0 amide bonds. The van der Waals surface area contributed by atoms with Gasteiger partial charge in [0.05, 0.1) is 0 Å². The average Bonchev–Trinajstić information content (AvgIpc) is 3.31. The van der Waals surface area contributed by atoms with Gasteiger partial charge in [-0.1, -0.05) is 310 Å². The minimum atomic E-state index is -0.761. The van der Waals surface area contributed by atoms with Crippen molar-refractivity contribution in [2.75, 3.05) is 13.2 Å². The molecule has 392 valence electrons. The van der Waals surface area contributed by atoms with E-state index in [9.17, 15) is 14.4 Å². The van der Waals surface area contributed by atoms with Gasteiger partial charge in [-0.05, 0) is 19.3 Å². The van der Waals surface area contributed by atoms with E-state index in [1.807, 2.05) is 0 Å². The molecule has 0 fully saturated rings. The summed E-state index contributed by atoms with van der Waals surface area (Å²) in [6, 6.07) is 0. The Morgan fingerprint density at radius 3 is 0.606 bits per heavy atom. The predicted octanol–water partition coefficient (Wildman–Crippen LogP) is 19.9. The van der Waals surface area contributed by atoms with Crippen molar-refractivity contribution < 1.29 is 28.6 Å². The van der Waals surface area contributed by atoms with Gasteiger partial charge in [0, 0.05) is 19.3 Å². The normalized spacial score (nSPS) is 11.9. The summed E-state index contributed by atoms with van der Waals surface area (Å²) in [7, 11) is 0. The third-order valence-electron chi connectivity index (χ3n) is 13.9. The minimum absolute atomic E-state index is 0.0610. The van der Waals surface area contributed by atoms with Gasteiger partial charge in [-0.3, -0.25) is 14.4 Å². The lowest BCUT2D eigenvalue weighted by molar-refractivity contribution is -0.167. The van der Waals surface area contributed by atoms with Crippen molar-refractivity contribution in [2.45, 2.75) is 354 Å². The Labute approximate surface area is 412 Å². The fourth-order valence-corrected chi connectivity index (χ4v) is 9.33. The van der Waals surface area contributed by atoms with Gasteiger partial charge < -0.3 is 14.2 Å². The summed E-state index contributed by atoms with van der Waals surface area (Å²) in [6.45, 7) is 6.71. The highest BCUT2D eigenvalue weighted by atomic mass is 16.6. The van der Waals surface area contributed by atoms with Gasteiger partial charge in [-0.2, -0.15) is 0 Å². The molecule has 6 nitrogen and oxygen atoms in total. The third kappa shape index (κ3) is 53.4. The summed E-state index contributed by atoms with van der Waals surface area (Å²) in [5, 5.41) is 0. The largest absolute Gasteiger partial charge is 0.462 e. The molecule has 0 bridgehead atoms. The number of carbonyl (C=O) groups is 3. The number of rotatable bonds is 56. The highest BCUT2D eigenvalue weighted by molar-refractivity contribution is 5.71. The summed E-state index contributed by atoms with van der Waals surface area (Å²) in [6.07, 6.45) is 62.4. The van der Waals surface area contributed by atoms with Crippen LogP contribution >= 0.6 is 0 Å². The van der Waals surface area contributed by atoms with Crippen LogP contribution in [-0.2, 0) is 28.6 Å². The molecule has 0 aromatic heterocycles. The van der Waals surface area contributed by atoms with E-state index < -0.39 is 6.10 Å². The lowest BCUT2D eigenvalue weighted by Gasteiger charge is -2.18. The lowest BCUT2D eigenvalue weighted by atomic mass is 10.0. The van der Waals surface area contributed by atoms with Crippen LogP contribution in [0.25, 0.3) is 0 Å². The second-order valence-electron chi connectivity index (χ2n) is 20.6. The van der Waals surface area contributed by atoms with E-state index >= 15 is 0 Å². The first-order valence-electron chi connectivity index (χ1n) is 30.0. The first kappa shape index (κ1) is 64.4. The van der Waals surface area contributed by atoms with Crippen LogP contribution in [0, 0.1) is 0 Å². The van der Waals surface area contributed by atoms with E-state index in [0.717, 1.165) is 57.8 Å². The molecule has 0 saturated heterocycles. The number of unbranched alkanes of at least 4 members (excludes halogenated alkanes) is 45. The summed E-state index contributed by atoms with van der Waals surface area (Å²) in [5.74, 6) is -0.831. The van der Waals surface area contributed by atoms with Gasteiger partial charge in [0.25, 0.3) is 0 Å². The monoisotopic (exact) mass is 933 g/mol. The Kier molecular flexibility index (Phi) is 54.7. The maximum absolute atomic E-state index is 12.9. The molecular formula is C60H116O6. The Hall–Kier alpha value is -1.59. The summed E-state index contributed by atoms with van der Waals surface area (Å²) < 4.78 is 16.9. The summed E-state index contributed by atoms with van der Waals surface area (Å²) in [5.41, 5.74) is 0. The van der Waals surface area contributed by atoms with Crippen molar-refractivity contribution in [3.63, 3.8) is 0 Å². The van der Waals surface area contributed by atoms with Crippen LogP contribution < -0.4 is 0 Å². The molecule has 0 N–H and O–H groups in total. The predicted molar refractivity (Wildman–Crippen MR) is 284 cm³/mol. The molecule has 1 atom stereocenters. The topological polar surface area (TPSA) is 78.9 Å². The number of hydrogen-bond donors (Lipinski definition) is 0.